The van der Waals surface area contributed by atoms with E-state index in [-0.39, 0.29) is 18.1 Å². The van der Waals surface area contributed by atoms with E-state index in [0.717, 1.165) is 26.6 Å². The van der Waals surface area contributed by atoms with Crippen molar-refractivity contribution >= 4 is 39.8 Å². The lowest BCUT2D eigenvalue weighted by Gasteiger charge is -2.28. The lowest BCUT2D eigenvalue weighted by Crippen LogP contribution is -2.37. The van der Waals surface area contributed by atoms with Gasteiger partial charge in [-0.05, 0) is 51.0 Å². The monoisotopic (exact) mass is 490 g/mol. The van der Waals surface area contributed by atoms with Crippen molar-refractivity contribution in [3.05, 3.63) is 81.7 Å². The molecule has 3 atom stereocenters. The van der Waals surface area contributed by atoms with Crippen LogP contribution in [-0.2, 0) is 19.2 Å². The number of carbonyl (C=O) groups excluding carboxylic acids is 3. The number of amides is 2. The van der Waals surface area contributed by atoms with Gasteiger partial charge in [0.15, 0.2) is 6.10 Å². The number of imide groups is 1. The maximum atomic E-state index is 13.9. The Morgan fingerprint density at radius 1 is 1.00 bits per heavy atom. The molecule has 2 amide bonds. The number of aryl methyl sites for hydroxylation is 2. The molecule has 3 aromatic rings. The minimum atomic E-state index is -0.994. The van der Waals surface area contributed by atoms with Crippen molar-refractivity contribution in [3.8, 4) is 0 Å². The Hall–Kier alpha value is -3.49. The number of anilines is 2. The van der Waals surface area contributed by atoms with E-state index in [2.05, 4.69) is 0 Å². The van der Waals surface area contributed by atoms with Crippen molar-refractivity contribution in [1.29, 1.82) is 0 Å². The second kappa shape index (κ2) is 8.94. The van der Waals surface area contributed by atoms with E-state index in [1.165, 1.54) is 11.3 Å². The number of esters is 1. The highest BCUT2D eigenvalue weighted by atomic mass is 32.1. The van der Waals surface area contributed by atoms with Gasteiger partial charge in [-0.3, -0.25) is 14.4 Å². The number of hydroxylamine groups is 1. The van der Waals surface area contributed by atoms with Crippen molar-refractivity contribution in [2.75, 3.05) is 16.6 Å². The van der Waals surface area contributed by atoms with Crippen molar-refractivity contribution in [3.63, 3.8) is 0 Å². The van der Waals surface area contributed by atoms with Crippen LogP contribution in [0.4, 0.5) is 10.7 Å². The normalized spacial score (nSPS) is 21.5. The first-order chi connectivity index (χ1) is 16.8. The molecule has 2 aromatic carbocycles. The minimum Gasteiger partial charge on any atom is -0.462 e. The number of hydrogen-bond donors (Lipinski definition) is 0. The molecule has 2 saturated heterocycles. The predicted molar refractivity (Wildman–Crippen MR) is 133 cm³/mol. The molecule has 5 rings (SSSR count). The topological polar surface area (TPSA) is 76.2 Å². The molecule has 8 heteroatoms. The Morgan fingerprint density at radius 2 is 1.69 bits per heavy atom. The first-order valence-corrected chi connectivity index (χ1v) is 12.4. The Morgan fingerprint density at radius 3 is 2.34 bits per heavy atom. The van der Waals surface area contributed by atoms with Crippen molar-refractivity contribution in [2.24, 2.45) is 5.92 Å². The molecule has 0 spiro atoms. The summed E-state index contributed by atoms with van der Waals surface area (Å²) < 4.78 is 5.24. The molecule has 35 heavy (non-hydrogen) atoms. The van der Waals surface area contributed by atoms with Crippen LogP contribution < -0.4 is 9.96 Å². The summed E-state index contributed by atoms with van der Waals surface area (Å²) >= 11 is 1.25. The SMILES string of the molecule is CCOC(=O)c1c(N2C(=O)[C@H]3[C@H](ON(c4ccccc4)[C@H]3c3ccc(C)cc3)C2=O)sc(C)c1C. The summed E-state index contributed by atoms with van der Waals surface area (Å²) in [6.07, 6.45) is -0.994. The standard InChI is InChI=1S/C27H26N2O5S/c1-5-33-27(32)20-16(3)17(4)35-26(20)28-24(30)21-22(18-13-11-15(2)12-14-18)29(34-23(21)25(28)31)19-9-7-6-8-10-19/h6-14,21-23H,5H2,1-4H3/t21-,22+,23+/m1/s1. The van der Waals surface area contributed by atoms with Gasteiger partial charge in [0.25, 0.3) is 5.91 Å². The number of hydrogen-bond acceptors (Lipinski definition) is 7. The van der Waals surface area contributed by atoms with E-state index in [0.29, 0.717) is 10.6 Å². The van der Waals surface area contributed by atoms with Crippen LogP contribution in [0.2, 0.25) is 0 Å². The van der Waals surface area contributed by atoms with E-state index in [9.17, 15) is 14.4 Å². The van der Waals surface area contributed by atoms with Gasteiger partial charge in [0.2, 0.25) is 5.91 Å². The smallest absolute Gasteiger partial charge is 0.341 e. The minimum absolute atomic E-state index is 0.199. The molecule has 1 aromatic heterocycles. The van der Waals surface area contributed by atoms with Crippen LogP contribution in [0.3, 0.4) is 0 Å². The first kappa shape index (κ1) is 23.3. The molecule has 0 N–H and O–H groups in total. The Balaban J connectivity index is 1.59. The highest BCUT2D eigenvalue weighted by Gasteiger charge is 2.61. The Labute approximate surface area is 207 Å². The summed E-state index contributed by atoms with van der Waals surface area (Å²) in [6, 6.07) is 16.8. The molecule has 180 valence electrons. The van der Waals surface area contributed by atoms with E-state index >= 15 is 0 Å². The van der Waals surface area contributed by atoms with E-state index in [1.807, 2.05) is 68.4 Å². The zero-order valence-corrected chi connectivity index (χ0v) is 20.8. The summed E-state index contributed by atoms with van der Waals surface area (Å²) in [5.41, 5.74) is 3.70. The average Bonchev–Trinajstić information content (AvgIpc) is 3.45. The van der Waals surface area contributed by atoms with Gasteiger partial charge in [0.1, 0.15) is 10.9 Å². The van der Waals surface area contributed by atoms with Crippen LogP contribution in [-0.4, -0.2) is 30.5 Å². The fourth-order valence-corrected chi connectivity index (χ4v) is 5.88. The highest BCUT2D eigenvalue weighted by Crippen LogP contribution is 2.49. The lowest BCUT2D eigenvalue weighted by atomic mass is 9.90. The van der Waals surface area contributed by atoms with E-state index < -0.39 is 29.9 Å². The number of fused-ring (bicyclic) bond motifs is 1. The van der Waals surface area contributed by atoms with Crippen molar-refractivity contribution < 1.29 is 24.0 Å². The Bertz CT molecular complexity index is 1300. The van der Waals surface area contributed by atoms with Gasteiger partial charge in [0.05, 0.1) is 23.9 Å². The maximum absolute atomic E-state index is 13.9. The summed E-state index contributed by atoms with van der Waals surface area (Å²) in [4.78, 5) is 48.5. The quantitative estimate of drug-likeness (QED) is 0.374. The van der Waals surface area contributed by atoms with E-state index in [4.69, 9.17) is 9.57 Å². The van der Waals surface area contributed by atoms with Crippen LogP contribution in [0.1, 0.15) is 44.9 Å². The molecular formula is C27H26N2O5S. The zero-order valence-electron chi connectivity index (χ0n) is 20.0. The molecule has 0 aliphatic carbocycles. The second-order valence-electron chi connectivity index (χ2n) is 8.76. The molecule has 0 unspecified atom stereocenters. The Kier molecular flexibility index (Phi) is 5.94. The number of rotatable bonds is 5. The molecule has 0 radical (unpaired) electrons. The summed E-state index contributed by atoms with van der Waals surface area (Å²) in [5.74, 6) is -2.15. The summed E-state index contributed by atoms with van der Waals surface area (Å²) in [5, 5.41) is 1.98. The summed E-state index contributed by atoms with van der Waals surface area (Å²) in [7, 11) is 0. The van der Waals surface area contributed by atoms with Gasteiger partial charge in [-0.2, -0.15) is 0 Å². The molecule has 3 heterocycles. The highest BCUT2D eigenvalue weighted by molar-refractivity contribution is 7.17. The zero-order chi connectivity index (χ0) is 24.9. The van der Waals surface area contributed by atoms with Crippen LogP contribution in [0.15, 0.2) is 54.6 Å². The largest absolute Gasteiger partial charge is 0.462 e. The molecule has 2 aliphatic heterocycles. The van der Waals surface area contributed by atoms with Crippen LogP contribution >= 0.6 is 11.3 Å². The fraction of sp³-hybridized carbons (Fsp3) is 0.296. The molecule has 0 bridgehead atoms. The molecule has 2 fully saturated rings. The number of nitrogens with zero attached hydrogens (tertiary/aromatic N) is 2. The maximum Gasteiger partial charge on any atom is 0.341 e. The molecule has 2 aliphatic rings. The lowest BCUT2D eigenvalue weighted by molar-refractivity contribution is -0.126. The van der Waals surface area contributed by atoms with Gasteiger partial charge >= 0.3 is 5.97 Å². The average molecular weight is 491 g/mol. The number of para-hydroxylation sites is 1. The number of ether oxygens (including phenoxy) is 1. The van der Waals surface area contributed by atoms with Gasteiger partial charge in [-0.15, -0.1) is 11.3 Å². The first-order valence-electron chi connectivity index (χ1n) is 11.6. The van der Waals surface area contributed by atoms with Crippen LogP contribution in [0.5, 0.6) is 0 Å². The van der Waals surface area contributed by atoms with Gasteiger partial charge in [-0.25, -0.2) is 14.8 Å². The van der Waals surface area contributed by atoms with E-state index in [1.54, 1.807) is 18.9 Å². The third kappa shape index (κ3) is 3.73. The van der Waals surface area contributed by atoms with Crippen molar-refractivity contribution in [1.82, 2.24) is 0 Å². The van der Waals surface area contributed by atoms with Gasteiger partial charge in [-0.1, -0.05) is 48.0 Å². The predicted octanol–water partition coefficient (Wildman–Crippen LogP) is 4.90. The van der Waals surface area contributed by atoms with Crippen molar-refractivity contribution in [2.45, 2.75) is 39.8 Å². The third-order valence-electron chi connectivity index (χ3n) is 6.59. The molecule has 0 saturated carbocycles. The number of carbonyl (C=O) groups is 3. The fourth-order valence-electron chi connectivity index (χ4n) is 4.73. The molecule has 7 nitrogen and oxygen atoms in total. The van der Waals surface area contributed by atoms with Crippen LogP contribution in [0, 0.1) is 26.7 Å². The van der Waals surface area contributed by atoms with Crippen LogP contribution in [0.25, 0.3) is 0 Å². The van der Waals surface area contributed by atoms with Gasteiger partial charge in [0, 0.05) is 4.88 Å². The van der Waals surface area contributed by atoms with Gasteiger partial charge < -0.3 is 4.74 Å². The summed E-state index contributed by atoms with van der Waals surface area (Å²) in [6.45, 7) is 7.58. The third-order valence-corrected chi connectivity index (χ3v) is 7.79. The molecular weight excluding hydrogens is 464 g/mol. The second-order valence-corrected chi connectivity index (χ2v) is 9.97. The number of benzene rings is 2. The number of thiophene rings is 1.